The van der Waals surface area contributed by atoms with Crippen LogP contribution in [0.2, 0.25) is 0 Å². The van der Waals surface area contributed by atoms with Crippen LogP contribution < -0.4 is 20.3 Å². The van der Waals surface area contributed by atoms with Gasteiger partial charge in [0.2, 0.25) is 5.88 Å². The fourth-order valence-corrected chi connectivity index (χ4v) is 1.81. The lowest BCUT2D eigenvalue weighted by atomic mass is 10.2. The number of pyridine rings is 2. The van der Waals surface area contributed by atoms with E-state index in [1.165, 1.54) is 7.11 Å². The molecule has 2 aromatic rings. The van der Waals surface area contributed by atoms with Crippen molar-refractivity contribution in [1.29, 1.82) is 0 Å². The predicted octanol–water partition coefficient (Wildman–Crippen LogP) is 1.87. The van der Waals surface area contributed by atoms with Gasteiger partial charge in [0.1, 0.15) is 11.5 Å². The number of carbonyl (C=O) groups excluding carboxylic acids is 1. The van der Waals surface area contributed by atoms with Gasteiger partial charge >= 0.3 is 6.03 Å². The van der Waals surface area contributed by atoms with Crippen LogP contribution >= 0.6 is 0 Å². The summed E-state index contributed by atoms with van der Waals surface area (Å²) < 4.78 is 5.08. The van der Waals surface area contributed by atoms with E-state index in [2.05, 4.69) is 20.6 Å². The summed E-state index contributed by atoms with van der Waals surface area (Å²) in [7, 11) is 5.34. The summed E-state index contributed by atoms with van der Waals surface area (Å²) in [6.07, 6.45) is 3.32. The summed E-state index contributed by atoms with van der Waals surface area (Å²) in [5.74, 6) is 1.21. The van der Waals surface area contributed by atoms with Crippen molar-refractivity contribution in [3.63, 3.8) is 0 Å². The van der Waals surface area contributed by atoms with Gasteiger partial charge in [-0.05, 0) is 29.8 Å². The summed E-state index contributed by atoms with van der Waals surface area (Å²) in [5.41, 5.74) is 1.48. The lowest BCUT2D eigenvalue weighted by Crippen LogP contribution is -2.28. The molecule has 7 heteroatoms. The molecule has 0 saturated heterocycles. The van der Waals surface area contributed by atoms with Crippen LogP contribution in [0, 0.1) is 0 Å². The van der Waals surface area contributed by atoms with Crippen LogP contribution in [0.15, 0.2) is 36.7 Å². The molecular formula is C15H19N5O2. The maximum atomic E-state index is 11.9. The second-order valence-electron chi connectivity index (χ2n) is 4.78. The van der Waals surface area contributed by atoms with Crippen LogP contribution in [0.4, 0.5) is 16.3 Å². The Kier molecular flexibility index (Phi) is 5.13. The van der Waals surface area contributed by atoms with Gasteiger partial charge in [0.05, 0.1) is 7.11 Å². The lowest BCUT2D eigenvalue weighted by Gasteiger charge is -2.13. The Morgan fingerprint density at radius 3 is 2.82 bits per heavy atom. The zero-order chi connectivity index (χ0) is 15.9. The van der Waals surface area contributed by atoms with E-state index in [-0.39, 0.29) is 6.03 Å². The van der Waals surface area contributed by atoms with E-state index in [1.54, 1.807) is 24.5 Å². The monoisotopic (exact) mass is 301 g/mol. The fourth-order valence-electron chi connectivity index (χ4n) is 1.81. The molecule has 2 amide bonds. The van der Waals surface area contributed by atoms with Crippen molar-refractivity contribution in [2.45, 2.75) is 6.54 Å². The number of nitrogens with zero attached hydrogens (tertiary/aromatic N) is 3. The first-order valence-corrected chi connectivity index (χ1v) is 6.76. The van der Waals surface area contributed by atoms with Gasteiger partial charge in [0.15, 0.2) is 0 Å². The number of amides is 2. The fraction of sp³-hybridized carbons (Fsp3) is 0.267. The number of nitrogens with one attached hydrogen (secondary N) is 2. The Bertz CT molecular complexity index is 645. The number of carbonyl (C=O) groups is 1. The Morgan fingerprint density at radius 2 is 2.09 bits per heavy atom. The molecular weight excluding hydrogens is 282 g/mol. The summed E-state index contributed by atoms with van der Waals surface area (Å²) in [6, 6.07) is 6.91. The number of methoxy groups -OCH3 is 1. The molecule has 0 aliphatic carbocycles. The topological polar surface area (TPSA) is 79.4 Å². The van der Waals surface area contributed by atoms with Gasteiger partial charge in [-0.3, -0.25) is 0 Å². The molecule has 2 N–H and O–H groups in total. The number of urea groups is 1. The van der Waals surface area contributed by atoms with Crippen molar-refractivity contribution in [3.8, 4) is 5.88 Å². The highest BCUT2D eigenvalue weighted by atomic mass is 16.5. The summed E-state index contributed by atoms with van der Waals surface area (Å²) >= 11 is 0. The Balaban J connectivity index is 1.94. The molecule has 0 aliphatic heterocycles. The first-order valence-electron chi connectivity index (χ1n) is 6.76. The molecule has 7 nitrogen and oxygen atoms in total. The Hall–Kier alpha value is -2.83. The zero-order valence-electron chi connectivity index (χ0n) is 12.8. The maximum Gasteiger partial charge on any atom is 0.319 e. The van der Waals surface area contributed by atoms with E-state index in [1.807, 2.05) is 31.1 Å². The van der Waals surface area contributed by atoms with Crippen LogP contribution in [0.3, 0.4) is 0 Å². The summed E-state index contributed by atoms with van der Waals surface area (Å²) in [4.78, 5) is 22.1. The molecule has 0 spiro atoms. The van der Waals surface area contributed by atoms with Crippen molar-refractivity contribution < 1.29 is 9.53 Å². The molecule has 0 radical (unpaired) electrons. The van der Waals surface area contributed by atoms with E-state index >= 15 is 0 Å². The van der Waals surface area contributed by atoms with Crippen LogP contribution in [0.1, 0.15) is 5.56 Å². The lowest BCUT2D eigenvalue weighted by molar-refractivity contribution is 0.251. The molecule has 2 rings (SSSR count). The van der Waals surface area contributed by atoms with Gasteiger partial charge in [-0.25, -0.2) is 14.8 Å². The largest absolute Gasteiger partial charge is 0.480 e. The van der Waals surface area contributed by atoms with Crippen LogP contribution in [0.5, 0.6) is 5.88 Å². The number of ether oxygens (including phenoxy) is 1. The highest BCUT2D eigenvalue weighted by molar-refractivity contribution is 5.90. The number of aromatic nitrogens is 2. The number of hydrogen-bond acceptors (Lipinski definition) is 5. The van der Waals surface area contributed by atoms with Crippen LogP contribution in [0.25, 0.3) is 0 Å². The van der Waals surface area contributed by atoms with Gasteiger partial charge in [-0.2, -0.15) is 0 Å². The predicted molar refractivity (Wildman–Crippen MR) is 85.2 cm³/mol. The minimum atomic E-state index is -0.325. The van der Waals surface area contributed by atoms with Gasteiger partial charge in [0, 0.05) is 33.0 Å². The normalized spacial score (nSPS) is 9.95. The maximum absolute atomic E-state index is 11.9. The molecule has 0 aliphatic rings. The van der Waals surface area contributed by atoms with Gasteiger partial charge in [-0.1, -0.05) is 0 Å². The molecule has 0 bridgehead atoms. The van der Waals surface area contributed by atoms with Crippen molar-refractivity contribution in [3.05, 3.63) is 42.2 Å². The molecule has 0 saturated carbocycles. The standard InChI is InChI=1S/C15H19N5O2/c1-20(2)13-9-11(6-8-16-13)10-18-15(21)19-12-5-4-7-17-14(12)22-3/h4-9H,10H2,1-3H3,(H2,18,19,21). The summed E-state index contributed by atoms with van der Waals surface area (Å²) in [5, 5.41) is 5.49. The number of anilines is 2. The first-order chi connectivity index (χ1) is 10.6. The molecule has 2 heterocycles. The van der Waals surface area contributed by atoms with Gasteiger partial charge < -0.3 is 20.3 Å². The minimum Gasteiger partial charge on any atom is -0.480 e. The molecule has 116 valence electrons. The quantitative estimate of drug-likeness (QED) is 0.881. The molecule has 2 aromatic heterocycles. The van der Waals surface area contributed by atoms with Crippen molar-refractivity contribution in [2.24, 2.45) is 0 Å². The Morgan fingerprint density at radius 1 is 1.27 bits per heavy atom. The van der Waals surface area contributed by atoms with Crippen LogP contribution in [-0.2, 0) is 6.54 Å². The van der Waals surface area contributed by atoms with Crippen LogP contribution in [-0.4, -0.2) is 37.2 Å². The molecule has 0 atom stereocenters. The summed E-state index contributed by atoms with van der Waals surface area (Å²) in [6.45, 7) is 0.401. The SMILES string of the molecule is COc1ncccc1NC(=O)NCc1ccnc(N(C)C)c1. The highest BCUT2D eigenvalue weighted by Crippen LogP contribution is 2.19. The third kappa shape index (κ3) is 4.08. The second kappa shape index (κ2) is 7.26. The highest BCUT2D eigenvalue weighted by Gasteiger charge is 2.07. The third-order valence-corrected chi connectivity index (χ3v) is 2.93. The third-order valence-electron chi connectivity index (χ3n) is 2.93. The van der Waals surface area contributed by atoms with E-state index in [9.17, 15) is 4.79 Å². The molecule has 0 fully saturated rings. The van der Waals surface area contributed by atoms with Crippen molar-refractivity contribution >= 4 is 17.5 Å². The first kappa shape index (κ1) is 15.6. The molecule has 0 aromatic carbocycles. The van der Waals surface area contributed by atoms with Gasteiger partial charge in [0.25, 0.3) is 0 Å². The average Bonchev–Trinajstić information content (AvgIpc) is 2.53. The second-order valence-corrected chi connectivity index (χ2v) is 4.78. The Labute approximate surface area is 129 Å². The van der Waals surface area contributed by atoms with E-state index in [0.29, 0.717) is 18.1 Å². The molecule has 0 unspecified atom stereocenters. The van der Waals surface area contributed by atoms with E-state index in [0.717, 1.165) is 11.4 Å². The van der Waals surface area contributed by atoms with Gasteiger partial charge in [-0.15, -0.1) is 0 Å². The van der Waals surface area contributed by atoms with Crippen molar-refractivity contribution in [1.82, 2.24) is 15.3 Å². The average molecular weight is 301 g/mol. The minimum absolute atomic E-state index is 0.325. The smallest absolute Gasteiger partial charge is 0.319 e. The molecule has 22 heavy (non-hydrogen) atoms. The number of rotatable bonds is 5. The van der Waals surface area contributed by atoms with E-state index in [4.69, 9.17) is 4.74 Å². The van der Waals surface area contributed by atoms with E-state index < -0.39 is 0 Å². The zero-order valence-corrected chi connectivity index (χ0v) is 12.8. The van der Waals surface area contributed by atoms with Crippen molar-refractivity contribution in [2.75, 3.05) is 31.4 Å². The number of hydrogen-bond donors (Lipinski definition) is 2.